The van der Waals surface area contributed by atoms with Crippen LogP contribution in [0.2, 0.25) is 0 Å². The number of amides is 3. The van der Waals surface area contributed by atoms with Crippen molar-refractivity contribution in [3.63, 3.8) is 0 Å². The van der Waals surface area contributed by atoms with Crippen LogP contribution in [0.15, 0.2) is 11.6 Å². The summed E-state index contributed by atoms with van der Waals surface area (Å²) in [5.41, 5.74) is 1.36. The Morgan fingerprint density at radius 3 is 2.75 bits per heavy atom. The summed E-state index contributed by atoms with van der Waals surface area (Å²) in [7, 11) is 0. The van der Waals surface area contributed by atoms with Gasteiger partial charge in [-0.25, -0.2) is 4.79 Å². The van der Waals surface area contributed by atoms with Crippen molar-refractivity contribution in [2.75, 3.05) is 13.2 Å². The van der Waals surface area contributed by atoms with Gasteiger partial charge in [-0.15, -0.1) is 0 Å². The van der Waals surface area contributed by atoms with Crippen molar-refractivity contribution in [1.29, 1.82) is 0 Å². The molecule has 2 N–H and O–H groups in total. The Kier molecular flexibility index (Phi) is 7.39. The number of urea groups is 1. The van der Waals surface area contributed by atoms with Gasteiger partial charge in [-0.3, -0.25) is 14.9 Å². The number of allylic oxidation sites excluding steroid dienone is 1. The molecule has 0 fully saturated rings. The minimum atomic E-state index is -0.624. The van der Waals surface area contributed by atoms with E-state index in [9.17, 15) is 14.4 Å². The summed E-state index contributed by atoms with van der Waals surface area (Å²) < 4.78 is 4.61. The minimum Gasteiger partial charge on any atom is -0.456 e. The van der Waals surface area contributed by atoms with Gasteiger partial charge < -0.3 is 10.1 Å². The Labute approximate surface area is 118 Å². The minimum absolute atomic E-state index is 0.203. The zero-order chi connectivity index (χ0) is 14.8. The van der Waals surface area contributed by atoms with E-state index in [-0.39, 0.29) is 6.42 Å². The van der Waals surface area contributed by atoms with Crippen LogP contribution in [0.3, 0.4) is 0 Å². The lowest BCUT2D eigenvalue weighted by Gasteiger charge is -2.13. The molecule has 112 valence electrons. The van der Waals surface area contributed by atoms with Gasteiger partial charge >= 0.3 is 12.0 Å². The number of hydrogen-bond acceptors (Lipinski definition) is 4. The fourth-order valence-corrected chi connectivity index (χ4v) is 1.92. The number of imide groups is 1. The van der Waals surface area contributed by atoms with Gasteiger partial charge in [-0.1, -0.05) is 18.6 Å². The highest BCUT2D eigenvalue weighted by molar-refractivity contribution is 5.95. The second-order valence-electron chi connectivity index (χ2n) is 4.68. The molecule has 0 radical (unpaired) electrons. The van der Waals surface area contributed by atoms with Crippen molar-refractivity contribution in [1.82, 2.24) is 10.6 Å². The standard InChI is InChI=1S/C14H22N2O4/c1-2-13(18)20-10-12(17)16-14(19)15-9-8-11-6-4-3-5-7-11/h6H,2-5,7-10H2,1H3,(H2,15,16,17,19). The fourth-order valence-electron chi connectivity index (χ4n) is 1.92. The van der Waals surface area contributed by atoms with Gasteiger partial charge in [0.2, 0.25) is 0 Å². The molecule has 0 aromatic rings. The average Bonchev–Trinajstić information content (AvgIpc) is 2.45. The zero-order valence-corrected chi connectivity index (χ0v) is 11.9. The molecule has 0 unspecified atom stereocenters. The molecule has 6 heteroatoms. The number of nitrogens with one attached hydrogen (secondary N) is 2. The van der Waals surface area contributed by atoms with Crippen LogP contribution in [0.5, 0.6) is 0 Å². The summed E-state index contributed by atoms with van der Waals surface area (Å²) in [5, 5.41) is 4.72. The molecule has 0 spiro atoms. The number of ether oxygens (including phenoxy) is 1. The molecular formula is C14H22N2O4. The highest BCUT2D eigenvalue weighted by atomic mass is 16.5. The molecule has 0 atom stereocenters. The van der Waals surface area contributed by atoms with Crippen LogP contribution in [0, 0.1) is 0 Å². The third kappa shape index (κ3) is 6.92. The van der Waals surface area contributed by atoms with Gasteiger partial charge in [0.05, 0.1) is 0 Å². The van der Waals surface area contributed by atoms with E-state index in [0.29, 0.717) is 6.54 Å². The quantitative estimate of drug-likeness (QED) is 0.573. The van der Waals surface area contributed by atoms with Crippen molar-refractivity contribution >= 4 is 17.9 Å². The van der Waals surface area contributed by atoms with E-state index in [0.717, 1.165) is 19.3 Å². The van der Waals surface area contributed by atoms with E-state index in [1.54, 1.807) is 6.92 Å². The Hall–Kier alpha value is -1.85. The number of hydrogen-bond donors (Lipinski definition) is 2. The van der Waals surface area contributed by atoms with Crippen molar-refractivity contribution in [3.05, 3.63) is 11.6 Å². The highest BCUT2D eigenvalue weighted by Gasteiger charge is 2.10. The molecule has 0 saturated heterocycles. The molecule has 0 bridgehead atoms. The van der Waals surface area contributed by atoms with E-state index >= 15 is 0 Å². The molecule has 1 aliphatic rings. The number of carbonyl (C=O) groups excluding carboxylic acids is 3. The van der Waals surface area contributed by atoms with Crippen molar-refractivity contribution < 1.29 is 19.1 Å². The molecule has 0 heterocycles. The average molecular weight is 282 g/mol. The molecule has 3 amide bonds. The lowest BCUT2D eigenvalue weighted by molar-refractivity contribution is -0.147. The SMILES string of the molecule is CCC(=O)OCC(=O)NC(=O)NCCC1=CCCCC1. The first kappa shape index (κ1) is 16.2. The van der Waals surface area contributed by atoms with Gasteiger partial charge in [0.25, 0.3) is 5.91 Å². The van der Waals surface area contributed by atoms with E-state index in [2.05, 4.69) is 21.4 Å². The van der Waals surface area contributed by atoms with Gasteiger partial charge in [-0.2, -0.15) is 0 Å². The van der Waals surface area contributed by atoms with E-state index in [1.807, 2.05) is 0 Å². The Balaban J connectivity index is 2.11. The summed E-state index contributed by atoms with van der Waals surface area (Å²) >= 11 is 0. The third-order valence-corrected chi connectivity index (χ3v) is 3.02. The Morgan fingerprint density at radius 1 is 1.30 bits per heavy atom. The summed E-state index contributed by atoms with van der Waals surface area (Å²) in [4.78, 5) is 33.5. The van der Waals surface area contributed by atoms with Gasteiger partial charge in [-0.05, 0) is 32.1 Å². The zero-order valence-electron chi connectivity index (χ0n) is 11.9. The molecule has 0 aromatic heterocycles. The van der Waals surface area contributed by atoms with Crippen LogP contribution >= 0.6 is 0 Å². The van der Waals surface area contributed by atoms with Crippen LogP contribution in [0.25, 0.3) is 0 Å². The smallest absolute Gasteiger partial charge is 0.321 e. The predicted octanol–water partition coefficient (Wildman–Crippen LogP) is 1.66. The highest BCUT2D eigenvalue weighted by Crippen LogP contribution is 2.19. The van der Waals surface area contributed by atoms with Gasteiger partial charge in [0, 0.05) is 13.0 Å². The number of carbonyl (C=O) groups is 3. The first-order valence-electron chi connectivity index (χ1n) is 7.03. The summed E-state index contributed by atoms with van der Waals surface area (Å²) in [6.45, 7) is 1.71. The van der Waals surface area contributed by atoms with E-state index in [1.165, 1.54) is 18.4 Å². The van der Waals surface area contributed by atoms with E-state index < -0.39 is 24.5 Å². The molecule has 20 heavy (non-hydrogen) atoms. The third-order valence-electron chi connectivity index (χ3n) is 3.02. The second-order valence-corrected chi connectivity index (χ2v) is 4.68. The lowest BCUT2D eigenvalue weighted by atomic mass is 9.97. The maximum Gasteiger partial charge on any atom is 0.321 e. The largest absolute Gasteiger partial charge is 0.456 e. The molecule has 0 aliphatic heterocycles. The summed E-state index contributed by atoms with van der Waals surface area (Å²) in [6.07, 6.45) is 7.89. The predicted molar refractivity (Wildman–Crippen MR) is 74.0 cm³/mol. The topological polar surface area (TPSA) is 84.5 Å². The maximum atomic E-state index is 11.4. The number of rotatable bonds is 6. The van der Waals surface area contributed by atoms with Gasteiger partial charge in [0.15, 0.2) is 6.61 Å². The normalized spacial score (nSPS) is 14.2. The van der Waals surface area contributed by atoms with Crippen LogP contribution in [0.1, 0.15) is 45.4 Å². The van der Waals surface area contributed by atoms with Crippen molar-refractivity contribution in [2.45, 2.75) is 45.4 Å². The molecule has 0 aromatic carbocycles. The Bertz CT molecular complexity index is 391. The fraction of sp³-hybridized carbons (Fsp3) is 0.643. The molecule has 1 aliphatic carbocycles. The molecule has 1 rings (SSSR count). The van der Waals surface area contributed by atoms with Gasteiger partial charge in [0.1, 0.15) is 0 Å². The Morgan fingerprint density at radius 2 is 2.10 bits per heavy atom. The van der Waals surface area contributed by atoms with Crippen LogP contribution < -0.4 is 10.6 Å². The van der Waals surface area contributed by atoms with Crippen LogP contribution in [-0.2, 0) is 14.3 Å². The number of esters is 1. The molecule has 6 nitrogen and oxygen atoms in total. The molecular weight excluding hydrogens is 260 g/mol. The lowest BCUT2D eigenvalue weighted by Crippen LogP contribution is -2.41. The van der Waals surface area contributed by atoms with Crippen molar-refractivity contribution in [2.24, 2.45) is 0 Å². The maximum absolute atomic E-state index is 11.4. The first-order chi connectivity index (χ1) is 9.61. The second kappa shape index (κ2) is 9.12. The van der Waals surface area contributed by atoms with Crippen molar-refractivity contribution in [3.8, 4) is 0 Å². The van der Waals surface area contributed by atoms with Crippen LogP contribution in [-0.4, -0.2) is 31.1 Å². The monoisotopic (exact) mass is 282 g/mol. The van der Waals surface area contributed by atoms with Crippen LogP contribution in [0.4, 0.5) is 4.79 Å². The summed E-state index contributed by atoms with van der Waals surface area (Å²) in [6, 6.07) is -0.557. The molecule has 0 saturated carbocycles. The first-order valence-corrected chi connectivity index (χ1v) is 7.03. The summed E-state index contributed by atoms with van der Waals surface area (Å²) in [5.74, 6) is -1.09. The van der Waals surface area contributed by atoms with E-state index in [4.69, 9.17) is 0 Å².